The van der Waals surface area contributed by atoms with Crippen LogP contribution in [-0.2, 0) is 4.79 Å². The normalized spacial score (nSPS) is 11.2. The highest BCUT2D eigenvalue weighted by molar-refractivity contribution is 5.86. The molecule has 1 N–H and O–H groups in total. The van der Waals surface area contributed by atoms with Crippen LogP contribution in [0.3, 0.4) is 0 Å². The highest BCUT2D eigenvalue weighted by Crippen LogP contribution is 2.31. The SMILES string of the molecule is O=C(O)/C=C/c1cccc(-c2nc3ccccc3n2-c2ccc(Oc3ccccc3)cc2)c1. The zero-order chi connectivity index (χ0) is 22.6. The van der Waals surface area contributed by atoms with Crippen molar-refractivity contribution >= 4 is 23.1 Å². The summed E-state index contributed by atoms with van der Waals surface area (Å²) in [6.45, 7) is 0. The van der Waals surface area contributed by atoms with Crippen molar-refractivity contribution in [3.05, 3.63) is 115 Å². The standard InChI is InChI=1S/C28H20N2O3/c31-27(32)18-13-20-7-6-8-21(19-20)28-29-25-11-4-5-12-26(25)30(28)22-14-16-24(17-15-22)33-23-9-2-1-3-10-23/h1-19H,(H,31,32)/b18-13+. The maximum atomic E-state index is 10.9. The highest BCUT2D eigenvalue weighted by Gasteiger charge is 2.14. The van der Waals surface area contributed by atoms with Crippen LogP contribution in [0.2, 0.25) is 0 Å². The molecule has 0 aliphatic rings. The van der Waals surface area contributed by atoms with E-state index in [9.17, 15) is 4.79 Å². The topological polar surface area (TPSA) is 64.3 Å². The van der Waals surface area contributed by atoms with Gasteiger partial charge in [-0.3, -0.25) is 4.57 Å². The predicted octanol–water partition coefficient (Wildman–Crippen LogP) is 6.58. The molecule has 5 nitrogen and oxygen atoms in total. The lowest BCUT2D eigenvalue weighted by atomic mass is 10.1. The summed E-state index contributed by atoms with van der Waals surface area (Å²) in [5.74, 6) is 1.32. The fourth-order valence-corrected chi connectivity index (χ4v) is 3.72. The zero-order valence-electron chi connectivity index (χ0n) is 17.6. The second-order valence-electron chi connectivity index (χ2n) is 7.47. The predicted molar refractivity (Wildman–Crippen MR) is 130 cm³/mol. The summed E-state index contributed by atoms with van der Waals surface area (Å²) in [5.41, 5.74) is 4.49. The number of ether oxygens (including phenoxy) is 1. The van der Waals surface area contributed by atoms with Crippen LogP contribution in [0.25, 0.3) is 34.2 Å². The smallest absolute Gasteiger partial charge is 0.328 e. The molecule has 0 unspecified atom stereocenters. The van der Waals surface area contributed by atoms with Crippen LogP contribution < -0.4 is 4.74 Å². The number of carboxylic acids is 1. The molecule has 160 valence electrons. The molecule has 5 rings (SSSR count). The van der Waals surface area contributed by atoms with Crippen LogP contribution in [0.4, 0.5) is 0 Å². The Hall–Kier alpha value is -4.64. The van der Waals surface area contributed by atoms with E-state index in [1.165, 1.54) is 0 Å². The third-order valence-corrected chi connectivity index (χ3v) is 5.20. The summed E-state index contributed by atoms with van der Waals surface area (Å²) in [5, 5.41) is 8.95. The van der Waals surface area contributed by atoms with Crippen molar-refractivity contribution in [1.29, 1.82) is 0 Å². The van der Waals surface area contributed by atoms with Gasteiger partial charge in [0.25, 0.3) is 0 Å². The lowest BCUT2D eigenvalue weighted by molar-refractivity contribution is -0.131. The molecular weight excluding hydrogens is 412 g/mol. The van der Waals surface area contributed by atoms with E-state index in [0.717, 1.165) is 51.2 Å². The molecule has 5 heteroatoms. The van der Waals surface area contributed by atoms with Crippen molar-refractivity contribution in [1.82, 2.24) is 9.55 Å². The summed E-state index contributed by atoms with van der Waals surface area (Å²) in [6.07, 6.45) is 2.71. The summed E-state index contributed by atoms with van der Waals surface area (Å²) in [7, 11) is 0. The van der Waals surface area contributed by atoms with Crippen LogP contribution in [-0.4, -0.2) is 20.6 Å². The minimum Gasteiger partial charge on any atom is -0.478 e. The Morgan fingerprint density at radius 1 is 0.818 bits per heavy atom. The second kappa shape index (κ2) is 8.85. The molecule has 0 saturated carbocycles. The molecule has 0 atom stereocenters. The molecule has 1 heterocycles. The maximum Gasteiger partial charge on any atom is 0.328 e. The monoisotopic (exact) mass is 432 g/mol. The van der Waals surface area contributed by atoms with E-state index < -0.39 is 5.97 Å². The van der Waals surface area contributed by atoms with Crippen LogP contribution in [0.1, 0.15) is 5.56 Å². The van der Waals surface area contributed by atoms with Crippen molar-refractivity contribution < 1.29 is 14.6 Å². The van der Waals surface area contributed by atoms with Crippen LogP contribution in [0.15, 0.2) is 109 Å². The van der Waals surface area contributed by atoms with Gasteiger partial charge in [-0.05, 0) is 66.2 Å². The molecule has 0 spiro atoms. The average molecular weight is 432 g/mol. The first-order valence-corrected chi connectivity index (χ1v) is 10.5. The molecule has 5 aromatic rings. The number of benzene rings is 4. The Bertz CT molecular complexity index is 1450. The molecule has 0 amide bonds. The molecular formula is C28H20N2O3. The van der Waals surface area contributed by atoms with Gasteiger partial charge in [0.05, 0.1) is 11.0 Å². The Balaban J connectivity index is 1.57. The third kappa shape index (κ3) is 4.38. The van der Waals surface area contributed by atoms with Crippen LogP contribution in [0, 0.1) is 0 Å². The summed E-state index contributed by atoms with van der Waals surface area (Å²) >= 11 is 0. The Morgan fingerprint density at radius 2 is 1.55 bits per heavy atom. The van der Waals surface area contributed by atoms with Gasteiger partial charge < -0.3 is 9.84 Å². The second-order valence-corrected chi connectivity index (χ2v) is 7.47. The number of aromatic nitrogens is 2. The van der Waals surface area contributed by atoms with E-state index in [1.807, 2.05) is 103 Å². The van der Waals surface area contributed by atoms with E-state index in [0.29, 0.717) is 0 Å². The molecule has 0 bridgehead atoms. The number of aliphatic carboxylic acids is 1. The number of rotatable bonds is 6. The fraction of sp³-hybridized carbons (Fsp3) is 0. The Kier molecular flexibility index (Phi) is 5.43. The minimum atomic E-state index is -0.981. The number of fused-ring (bicyclic) bond motifs is 1. The van der Waals surface area contributed by atoms with Gasteiger partial charge in [0.1, 0.15) is 17.3 Å². The van der Waals surface area contributed by atoms with Crippen LogP contribution in [0.5, 0.6) is 11.5 Å². The summed E-state index contributed by atoms with van der Waals surface area (Å²) < 4.78 is 8.03. The van der Waals surface area contributed by atoms with Gasteiger partial charge in [0, 0.05) is 17.3 Å². The fourth-order valence-electron chi connectivity index (χ4n) is 3.72. The molecule has 0 saturated heterocycles. The minimum absolute atomic E-state index is 0.747. The van der Waals surface area contributed by atoms with Gasteiger partial charge in [-0.15, -0.1) is 0 Å². The van der Waals surface area contributed by atoms with Gasteiger partial charge in [0.15, 0.2) is 0 Å². The number of hydrogen-bond acceptors (Lipinski definition) is 3. The maximum absolute atomic E-state index is 10.9. The molecule has 0 aliphatic heterocycles. The van der Waals surface area contributed by atoms with E-state index in [2.05, 4.69) is 4.57 Å². The van der Waals surface area contributed by atoms with Crippen LogP contribution >= 0.6 is 0 Å². The summed E-state index contributed by atoms with van der Waals surface area (Å²) in [6, 6.07) is 33.2. The zero-order valence-corrected chi connectivity index (χ0v) is 17.6. The van der Waals surface area contributed by atoms with Crippen molar-refractivity contribution in [3.63, 3.8) is 0 Å². The number of carbonyl (C=O) groups is 1. The first kappa shape index (κ1) is 20.3. The lowest BCUT2D eigenvalue weighted by Crippen LogP contribution is -1.98. The first-order valence-electron chi connectivity index (χ1n) is 10.5. The molecule has 33 heavy (non-hydrogen) atoms. The van der Waals surface area contributed by atoms with Gasteiger partial charge in [0.2, 0.25) is 0 Å². The van der Waals surface area contributed by atoms with Crippen molar-refractivity contribution in [2.75, 3.05) is 0 Å². The van der Waals surface area contributed by atoms with E-state index in [4.69, 9.17) is 14.8 Å². The molecule has 0 aliphatic carbocycles. The van der Waals surface area contributed by atoms with Gasteiger partial charge in [-0.2, -0.15) is 0 Å². The van der Waals surface area contributed by atoms with Crippen molar-refractivity contribution in [2.24, 2.45) is 0 Å². The van der Waals surface area contributed by atoms with Crippen molar-refractivity contribution in [3.8, 4) is 28.6 Å². The van der Waals surface area contributed by atoms with E-state index in [-0.39, 0.29) is 0 Å². The number of imidazole rings is 1. The molecule has 4 aromatic carbocycles. The lowest BCUT2D eigenvalue weighted by Gasteiger charge is -2.11. The molecule has 0 fully saturated rings. The van der Waals surface area contributed by atoms with Gasteiger partial charge >= 0.3 is 5.97 Å². The van der Waals surface area contributed by atoms with E-state index >= 15 is 0 Å². The Labute approximate surface area is 190 Å². The summed E-state index contributed by atoms with van der Waals surface area (Å²) in [4.78, 5) is 15.8. The molecule has 0 radical (unpaired) electrons. The number of carboxylic acid groups (broad SMARTS) is 1. The average Bonchev–Trinajstić information content (AvgIpc) is 3.24. The highest BCUT2D eigenvalue weighted by atomic mass is 16.5. The number of nitrogens with zero attached hydrogens (tertiary/aromatic N) is 2. The quantitative estimate of drug-likeness (QED) is 0.308. The first-order chi connectivity index (χ1) is 16.2. The van der Waals surface area contributed by atoms with Crippen molar-refractivity contribution in [2.45, 2.75) is 0 Å². The number of hydrogen-bond donors (Lipinski definition) is 1. The van der Waals surface area contributed by atoms with Gasteiger partial charge in [-0.1, -0.05) is 48.5 Å². The Morgan fingerprint density at radius 3 is 2.33 bits per heavy atom. The molecule has 1 aromatic heterocycles. The third-order valence-electron chi connectivity index (χ3n) is 5.20. The van der Waals surface area contributed by atoms with E-state index in [1.54, 1.807) is 6.08 Å². The largest absolute Gasteiger partial charge is 0.478 e. The van der Waals surface area contributed by atoms with Gasteiger partial charge in [-0.25, -0.2) is 9.78 Å². The number of para-hydroxylation sites is 3.